The van der Waals surface area contributed by atoms with E-state index in [-0.39, 0.29) is 0 Å². The Morgan fingerprint density at radius 3 is 2.59 bits per heavy atom. The Morgan fingerprint density at radius 2 is 2.06 bits per heavy atom. The van der Waals surface area contributed by atoms with Crippen LogP contribution in [0.4, 0.5) is 4.39 Å². The number of phenolic OH excluding ortho intramolecular Hbond substituents is 1. The molecule has 0 aliphatic heterocycles. The first kappa shape index (κ1) is 13.0. The molecule has 1 atom stereocenters. The molecule has 0 aromatic heterocycles. The van der Waals surface area contributed by atoms with Crippen LogP contribution in [-0.2, 0) is 4.79 Å². The molecule has 2 amide bonds. The predicted molar refractivity (Wildman–Crippen MR) is 59.1 cm³/mol. The lowest BCUT2D eigenvalue weighted by Gasteiger charge is -2.13. The third-order valence-corrected chi connectivity index (χ3v) is 2.21. The molecule has 92 valence electrons. The second-order valence-corrected chi connectivity index (χ2v) is 3.44. The highest BCUT2D eigenvalue weighted by molar-refractivity contribution is 5.99. The minimum atomic E-state index is -0.841. The molecule has 0 aliphatic rings. The summed E-state index contributed by atoms with van der Waals surface area (Å²) in [7, 11) is 1.42. The molecule has 3 N–H and O–H groups in total. The summed E-state index contributed by atoms with van der Waals surface area (Å²) in [5, 5.41) is 14.0. The fourth-order valence-corrected chi connectivity index (χ4v) is 1.29. The molecule has 17 heavy (non-hydrogen) atoms. The van der Waals surface area contributed by atoms with Gasteiger partial charge in [-0.25, -0.2) is 4.39 Å². The molecule has 5 nitrogen and oxygen atoms in total. The quantitative estimate of drug-likeness (QED) is 0.715. The molecule has 1 unspecified atom stereocenters. The summed E-state index contributed by atoms with van der Waals surface area (Å²) in [6.45, 7) is 1.45. The van der Waals surface area contributed by atoms with Crippen molar-refractivity contribution in [2.24, 2.45) is 0 Å². The van der Waals surface area contributed by atoms with Gasteiger partial charge in [-0.3, -0.25) is 9.59 Å². The van der Waals surface area contributed by atoms with Crippen molar-refractivity contribution in [1.82, 2.24) is 10.6 Å². The van der Waals surface area contributed by atoms with E-state index >= 15 is 0 Å². The van der Waals surface area contributed by atoms with E-state index in [1.807, 2.05) is 0 Å². The highest BCUT2D eigenvalue weighted by Gasteiger charge is 2.20. The summed E-state index contributed by atoms with van der Waals surface area (Å²) in [5.41, 5.74) is -0.469. The first-order chi connectivity index (χ1) is 7.97. The SMILES string of the molecule is CNC(=O)C(C)NC(=O)c1c(O)cccc1F. The number of rotatable bonds is 3. The zero-order chi connectivity index (χ0) is 13.0. The van der Waals surface area contributed by atoms with E-state index in [0.717, 1.165) is 6.07 Å². The van der Waals surface area contributed by atoms with Crippen LogP contribution in [0.2, 0.25) is 0 Å². The van der Waals surface area contributed by atoms with Crippen LogP contribution < -0.4 is 10.6 Å². The highest BCUT2D eigenvalue weighted by atomic mass is 19.1. The summed E-state index contributed by atoms with van der Waals surface area (Å²) >= 11 is 0. The summed E-state index contributed by atoms with van der Waals surface area (Å²) < 4.78 is 13.3. The maximum atomic E-state index is 13.3. The summed E-state index contributed by atoms with van der Waals surface area (Å²) in [4.78, 5) is 22.8. The van der Waals surface area contributed by atoms with Gasteiger partial charge < -0.3 is 15.7 Å². The van der Waals surface area contributed by atoms with E-state index in [2.05, 4.69) is 10.6 Å². The van der Waals surface area contributed by atoms with Crippen molar-refractivity contribution < 1.29 is 19.1 Å². The topological polar surface area (TPSA) is 78.4 Å². The van der Waals surface area contributed by atoms with Gasteiger partial charge in [0.1, 0.15) is 23.2 Å². The van der Waals surface area contributed by atoms with Gasteiger partial charge in [-0.1, -0.05) is 6.07 Å². The number of hydrogen-bond acceptors (Lipinski definition) is 3. The summed E-state index contributed by atoms with van der Waals surface area (Å²) in [6.07, 6.45) is 0. The fourth-order valence-electron chi connectivity index (χ4n) is 1.29. The number of nitrogens with one attached hydrogen (secondary N) is 2. The third kappa shape index (κ3) is 2.93. The largest absolute Gasteiger partial charge is 0.507 e. The van der Waals surface area contributed by atoms with E-state index in [4.69, 9.17) is 0 Å². The number of phenols is 1. The standard InChI is InChI=1S/C11H13FN2O3/c1-6(10(16)13-2)14-11(17)9-7(12)4-3-5-8(9)15/h3-6,15H,1-2H3,(H,13,16)(H,14,17). The van der Waals surface area contributed by atoms with Crippen molar-refractivity contribution in [3.63, 3.8) is 0 Å². The second kappa shape index (κ2) is 5.29. The van der Waals surface area contributed by atoms with Crippen LogP contribution in [-0.4, -0.2) is 30.0 Å². The number of carbonyl (C=O) groups excluding carboxylic acids is 2. The van der Waals surface area contributed by atoms with Crippen molar-refractivity contribution >= 4 is 11.8 Å². The van der Waals surface area contributed by atoms with Crippen molar-refractivity contribution in [3.05, 3.63) is 29.6 Å². The molecule has 0 heterocycles. The van der Waals surface area contributed by atoms with E-state index < -0.39 is 35.0 Å². The minimum Gasteiger partial charge on any atom is -0.507 e. The molecule has 6 heteroatoms. The van der Waals surface area contributed by atoms with Crippen LogP contribution >= 0.6 is 0 Å². The van der Waals surface area contributed by atoms with Gasteiger partial charge in [0.2, 0.25) is 5.91 Å². The molecule has 0 fully saturated rings. The monoisotopic (exact) mass is 240 g/mol. The molecule has 1 rings (SSSR count). The molecular weight excluding hydrogens is 227 g/mol. The molecule has 0 saturated heterocycles. The Morgan fingerprint density at radius 1 is 1.41 bits per heavy atom. The number of aromatic hydroxyl groups is 1. The number of halogens is 1. The number of benzene rings is 1. The van der Waals surface area contributed by atoms with Gasteiger partial charge in [0, 0.05) is 7.05 Å². The predicted octanol–water partition coefficient (Wildman–Crippen LogP) is 0.396. The molecule has 0 bridgehead atoms. The maximum Gasteiger partial charge on any atom is 0.258 e. The zero-order valence-electron chi connectivity index (χ0n) is 9.45. The molecule has 1 aromatic rings. The average molecular weight is 240 g/mol. The van der Waals surface area contributed by atoms with Crippen molar-refractivity contribution in [1.29, 1.82) is 0 Å². The Kier molecular flexibility index (Phi) is 4.03. The first-order valence-electron chi connectivity index (χ1n) is 4.97. The third-order valence-electron chi connectivity index (χ3n) is 2.21. The van der Waals surface area contributed by atoms with Gasteiger partial charge in [0.05, 0.1) is 0 Å². The van der Waals surface area contributed by atoms with Crippen LogP contribution in [0.5, 0.6) is 5.75 Å². The molecule has 0 saturated carbocycles. The Balaban J connectivity index is 2.87. The summed E-state index contributed by atoms with van der Waals surface area (Å²) in [5.74, 6) is -2.55. The molecule has 0 aliphatic carbocycles. The van der Waals surface area contributed by atoms with Gasteiger partial charge in [-0.15, -0.1) is 0 Å². The van der Waals surface area contributed by atoms with E-state index in [9.17, 15) is 19.1 Å². The average Bonchev–Trinajstić information content (AvgIpc) is 2.27. The van der Waals surface area contributed by atoms with Crippen molar-refractivity contribution in [3.8, 4) is 5.75 Å². The van der Waals surface area contributed by atoms with Gasteiger partial charge in [0.25, 0.3) is 5.91 Å². The maximum absolute atomic E-state index is 13.3. The Bertz CT molecular complexity index is 428. The van der Waals surface area contributed by atoms with E-state index in [1.165, 1.54) is 26.1 Å². The van der Waals surface area contributed by atoms with Crippen LogP contribution in [0.1, 0.15) is 17.3 Å². The second-order valence-electron chi connectivity index (χ2n) is 3.44. The van der Waals surface area contributed by atoms with Gasteiger partial charge in [-0.2, -0.15) is 0 Å². The first-order valence-corrected chi connectivity index (χ1v) is 4.97. The van der Waals surface area contributed by atoms with Crippen molar-refractivity contribution in [2.75, 3.05) is 7.05 Å². The molecule has 0 spiro atoms. The number of likely N-dealkylation sites (N-methyl/N-ethyl adjacent to an activating group) is 1. The summed E-state index contributed by atoms with van der Waals surface area (Å²) in [6, 6.07) is 2.72. The normalized spacial score (nSPS) is 11.7. The van der Waals surface area contributed by atoms with Crippen LogP contribution in [0, 0.1) is 5.82 Å². The molecular formula is C11H13FN2O3. The van der Waals surface area contributed by atoms with Crippen LogP contribution in [0.15, 0.2) is 18.2 Å². The Hall–Kier alpha value is -2.11. The lowest BCUT2D eigenvalue weighted by Crippen LogP contribution is -2.43. The smallest absolute Gasteiger partial charge is 0.258 e. The lowest BCUT2D eigenvalue weighted by atomic mass is 10.1. The molecule has 0 radical (unpaired) electrons. The van der Waals surface area contributed by atoms with Crippen LogP contribution in [0.25, 0.3) is 0 Å². The van der Waals surface area contributed by atoms with Crippen molar-refractivity contribution in [2.45, 2.75) is 13.0 Å². The Labute approximate surface area is 97.6 Å². The van der Waals surface area contributed by atoms with Crippen LogP contribution in [0.3, 0.4) is 0 Å². The lowest BCUT2D eigenvalue weighted by molar-refractivity contribution is -0.122. The van der Waals surface area contributed by atoms with Gasteiger partial charge >= 0.3 is 0 Å². The fraction of sp³-hybridized carbons (Fsp3) is 0.273. The number of amides is 2. The van der Waals surface area contributed by atoms with E-state index in [1.54, 1.807) is 0 Å². The molecule has 1 aromatic carbocycles. The van der Waals surface area contributed by atoms with Gasteiger partial charge in [-0.05, 0) is 19.1 Å². The van der Waals surface area contributed by atoms with E-state index in [0.29, 0.717) is 0 Å². The highest BCUT2D eigenvalue weighted by Crippen LogP contribution is 2.19. The minimum absolute atomic E-state index is 0.408. The number of hydrogen-bond donors (Lipinski definition) is 3. The zero-order valence-corrected chi connectivity index (χ0v) is 9.45. The van der Waals surface area contributed by atoms with Gasteiger partial charge in [0.15, 0.2) is 0 Å². The number of carbonyl (C=O) groups is 2.